The molecule has 1 saturated carbocycles. The summed E-state index contributed by atoms with van der Waals surface area (Å²) in [6.45, 7) is 5.72. The van der Waals surface area contributed by atoms with Crippen LogP contribution in [-0.4, -0.2) is 25.7 Å². The monoisotopic (exact) mass is 308 g/mol. The molecular formula is C17H24O3S. The molecule has 21 heavy (non-hydrogen) atoms. The third-order valence-electron chi connectivity index (χ3n) is 4.27. The number of rotatable bonds is 5. The summed E-state index contributed by atoms with van der Waals surface area (Å²) in [5.41, 5.74) is 3.41. The molecule has 0 aliphatic heterocycles. The first-order valence-electron chi connectivity index (χ1n) is 7.60. The highest BCUT2D eigenvalue weighted by Gasteiger charge is 2.26. The summed E-state index contributed by atoms with van der Waals surface area (Å²) in [5.74, 6) is -0.192. The van der Waals surface area contributed by atoms with Crippen LogP contribution in [0.5, 0.6) is 0 Å². The zero-order valence-electron chi connectivity index (χ0n) is 13.1. The van der Waals surface area contributed by atoms with Crippen LogP contribution in [0.2, 0.25) is 0 Å². The topological polar surface area (TPSA) is 51.2 Å². The Morgan fingerprint density at radius 2 is 1.62 bits per heavy atom. The lowest BCUT2D eigenvalue weighted by atomic mass is 9.97. The number of ketones is 1. The first kappa shape index (κ1) is 16.2. The molecule has 2 rings (SSSR count). The average molecular weight is 308 g/mol. The molecule has 0 radical (unpaired) electrons. The van der Waals surface area contributed by atoms with Crippen molar-refractivity contribution >= 4 is 15.6 Å². The van der Waals surface area contributed by atoms with Crippen molar-refractivity contribution in [3.8, 4) is 0 Å². The van der Waals surface area contributed by atoms with E-state index in [2.05, 4.69) is 0 Å². The van der Waals surface area contributed by atoms with Gasteiger partial charge in [-0.15, -0.1) is 0 Å². The molecule has 3 nitrogen and oxygen atoms in total. The summed E-state index contributed by atoms with van der Waals surface area (Å²) < 4.78 is 24.5. The third kappa shape index (κ3) is 4.16. The molecule has 1 aliphatic rings. The zero-order valence-corrected chi connectivity index (χ0v) is 13.9. The lowest BCUT2D eigenvalue weighted by Gasteiger charge is -2.12. The fourth-order valence-electron chi connectivity index (χ4n) is 3.49. The number of sulfone groups is 1. The van der Waals surface area contributed by atoms with Gasteiger partial charge >= 0.3 is 0 Å². The molecule has 1 aliphatic carbocycles. The molecule has 0 amide bonds. The Hall–Kier alpha value is -1.16. The fourth-order valence-corrected chi connectivity index (χ4v) is 5.20. The van der Waals surface area contributed by atoms with Crippen molar-refractivity contribution in [1.29, 1.82) is 0 Å². The van der Waals surface area contributed by atoms with Crippen molar-refractivity contribution in [1.82, 2.24) is 0 Å². The van der Waals surface area contributed by atoms with Gasteiger partial charge in [-0.3, -0.25) is 4.79 Å². The molecule has 0 N–H and O–H groups in total. The van der Waals surface area contributed by atoms with Crippen molar-refractivity contribution in [3.05, 3.63) is 34.4 Å². The van der Waals surface area contributed by atoms with Gasteiger partial charge in [0.05, 0.1) is 5.75 Å². The second-order valence-electron chi connectivity index (χ2n) is 6.40. The number of hydrogen-bond donors (Lipinski definition) is 0. The van der Waals surface area contributed by atoms with E-state index < -0.39 is 9.84 Å². The summed E-state index contributed by atoms with van der Waals surface area (Å²) in [6.07, 6.45) is 4.20. The average Bonchev–Trinajstić information content (AvgIpc) is 2.78. The SMILES string of the molecule is Cc1cc(C)c(C(=O)CS(=O)(=O)CC2CCCC2)c(C)c1. The Morgan fingerprint density at radius 3 is 2.14 bits per heavy atom. The highest BCUT2D eigenvalue weighted by Crippen LogP contribution is 2.26. The van der Waals surface area contributed by atoms with Crippen molar-refractivity contribution in [3.63, 3.8) is 0 Å². The predicted molar refractivity (Wildman–Crippen MR) is 85.6 cm³/mol. The largest absolute Gasteiger partial charge is 0.293 e. The lowest BCUT2D eigenvalue weighted by Crippen LogP contribution is -2.23. The Morgan fingerprint density at radius 1 is 1.10 bits per heavy atom. The maximum Gasteiger partial charge on any atom is 0.178 e. The van der Waals surface area contributed by atoms with Gasteiger partial charge in [0.1, 0.15) is 5.75 Å². The molecule has 0 aromatic heterocycles. The smallest absolute Gasteiger partial charge is 0.178 e. The Kier molecular flexibility index (Phi) is 4.87. The van der Waals surface area contributed by atoms with Gasteiger partial charge in [0.15, 0.2) is 15.6 Å². The van der Waals surface area contributed by atoms with Crippen LogP contribution in [0.3, 0.4) is 0 Å². The van der Waals surface area contributed by atoms with Crippen molar-refractivity contribution < 1.29 is 13.2 Å². The van der Waals surface area contributed by atoms with Crippen LogP contribution in [0.4, 0.5) is 0 Å². The molecule has 0 atom stereocenters. The van der Waals surface area contributed by atoms with Gasteiger partial charge in [0.25, 0.3) is 0 Å². The quantitative estimate of drug-likeness (QED) is 0.783. The third-order valence-corrected chi connectivity index (χ3v) is 5.95. The van der Waals surface area contributed by atoms with Gasteiger partial charge in [-0.1, -0.05) is 30.5 Å². The van der Waals surface area contributed by atoms with Crippen molar-refractivity contribution in [2.45, 2.75) is 46.5 Å². The molecule has 0 bridgehead atoms. The van der Waals surface area contributed by atoms with Crippen LogP contribution in [0.15, 0.2) is 12.1 Å². The normalized spacial score (nSPS) is 16.3. The minimum absolute atomic E-state index is 0.169. The van der Waals surface area contributed by atoms with Gasteiger partial charge in [-0.2, -0.15) is 0 Å². The second kappa shape index (κ2) is 6.30. The zero-order chi connectivity index (χ0) is 15.6. The minimum atomic E-state index is -3.31. The van der Waals surface area contributed by atoms with Crippen LogP contribution in [0.1, 0.15) is 52.7 Å². The summed E-state index contributed by atoms with van der Waals surface area (Å²) in [4.78, 5) is 12.4. The molecule has 1 aromatic carbocycles. The van der Waals surface area contributed by atoms with Crippen LogP contribution < -0.4 is 0 Å². The number of carbonyl (C=O) groups is 1. The van der Waals surface area contributed by atoms with Gasteiger partial charge in [0, 0.05) is 5.56 Å². The van der Waals surface area contributed by atoms with Crippen LogP contribution in [0, 0.1) is 26.7 Å². The second-order valence-corrected chi connectivity index (χ2v) is 8.51. The molecule has 1 aromatic rings. The predicted octanol–water partition coefficient (Wildman–Crippen LogP) is 3.40. The van der Waals surface area contributed by atoms with E-state index in [9.17, 15) is 13.2 Å². The Bertz CT molecular complexity index is 615. The summed E-state index contributed by atoms with van der Waals surface area (Å²) in [7, 11) is -3.31. The van der Waals surface area contributed by atoms with E-state index >= 15 is 0 Å². The Balaban J connectivity index is 2.14. The highest BCUT2D eigenvalue weighted by atomic mass is 32.2. The number of carbonyl (C=O) groups excluding carboxylic acids is 1. The number of hydrogen-bond acceptors (Lipinski definition) is 3. The van der Waals surface area contributed by atoms with E-state index in [0.717, 1.165) is 42.4 Å². The molecule has 0 saturated heterocycles. The lowest BCUT2D eigenvalue weighted by molar-refractivity contribution is 0.101. The molecule has 0 unspecified atom stereocenters. The first-order chi connectivity index (χ1) is 9.78. The first-order valence-corrected chi connectivity index (χ1v) is 9.42. The van der Waals surface area contributed by atoms with Crippen LogP contribution >= 0.6 is 0 Å². The van der Waals surface area contributed by atoms with Crippen molar-refractivity contribution in [2.75, 3.05) is 11.5 Å². The van der Waals surface area contributed by atoms with E-state index in [1.807, 2.05) is 32.9 Å². The number of Topliss-reactive ketones (excluding diaryl/α,β-unsaturated/α-hetero) is 1. The van der Waals surface area contributed by atoms with Gasteiger partial charge < -0.3 is 0 Å². The molecule has 0 spiro atoms. The van der Waals surface area contributed by atoms with E-state index in [-0.39, 0.29) is 23.2 Å². The van der Waals surface area contributed by atoms with E-state index in [0.29, 0.717) is 5.56 Å². The standard InChI is InChI=1S/C17H24O3S/c1-12-8-13(2)17(14(3)9-12)16(18)11-21(19,20)10-15-6-4-5-7-15/h8-9,15H,4-7,10-11H2,1-3H3. The van der Waals surface area contributed by atoms with Gasteiger partial charge in [0.2, 0.25) is 0 Å². The Labute approximate surface area is 127 Å². The summed E-state index contributed by atoms with van der Waals surface area (Å²) >= 11 is 0. The van der Waals surface area contributed by atoms with E-state index in [1.54, 1.807) is 0 Å². The maximum absolute atomic E-state index is 12.4. The maximum atomic E-state index is 12.4. The van der Waals surface area contributed by atoms with Gasteiger partial charge in [-0.05, 0) is 50.7 Å². The number of aryl methyl sites for hydroxylation is 3. The molecular weight excluding hydrogens is 284 g/mol. The summed E-state index contributed by atoms with van der Waals surface area (Å²) in [6, 6.07) is 3.87. The van der Waals surface area contributed by atoms with Crippen molar-refractivity contribution in [2.24, 2.45) is 5.92 Å². The van der Waals surface area contributed by atoms with Crippen LogP contribution in [0.25, 0.3) is 0 Å². The molecule has 0 heterocycles. The molecule has 1 fully saturated rings. The fraction of sp³-hybridized carbons (Fsp3) is 0.588. The van der Waals surface area contributed by atoms with Gasteiger partial charge in [-0.25, -0.2) is 8.42 Å². The van der Waals surface area contributed by atoms with Crippen LogP contribution in [-0.2, 0) is 9.84 Å². The number of benzene rings is 1. The highest BCUT2D eigenvalue weighted by molar-refractivity contribution is 7.92. The minimum Gasteiger partial charge on any atom is -0.293 e. The van der Waals surface area contributed by atoms with E-state index in [4.69, 9.17) is 0 Å². The van der Waals surface area contributed by atoms with E-state index in [1.165, 1.54) is 0 Å². The molecule has 116 valence electrons. The summed E-state index contributed by atoms with van der Waals surface area (Å²) in [5, 5.41) is 0. The molecule has 4 heteroatoms.